The fourth-order valence-corrected chi connectivity index (χ4v) is 5.64. The molecule has 0 radical (unpaired) electrons. The third kappa shape index (κ3) is 8.47. The Kier molecular flexibility index (Phi) is 10.9. The van der Waals surface area contributed by atoms with Crippen LogP contribution in [0.1, 0.15) is 73.8 Å². The number of nitrogens with two attached hydrogens (primary N) is 1. The molecule has 0 amide bonds. The maximum absolute atomic E-state index is 13.4. The molecule has 2 N–H and O–H groups in total. The van der Waals surface area contributed by atoms with Crippen molar-refractivity contribution in [3.63, 3.8) is 0 Å². The van der Waals surface area contributed by atoms with E-state index in [0.717, 1.165) is 49.5 Å². The maximum Gasteiger partial charge on any atom is 0.416 e. The van der Waals surface area contributed by atoms with Crippen LogP contribution < -0.4 is 9.88 Å². The quantitative estimate of drug-likeness (QED) is 0.393. The van der Waals surface area contributed by atoms with E-state index in [9.17, 15) is 21.6 Å². The van der Waals surface area contributed by atoms with Gasteiger partial charge in [-0.1, -0.05) is 19.9 Å². The number of aryl methyl sites for hydroxylation is 1. The fraction of sp³-hybridized carbons (Fsp3) is 0.481. The van der Waals surface area contributed by atoms with Crippen LogP contribution in [0.4, 0.5) is 13.2 Å². The van der Waals surface area contributed by atoms with Crippen molar-refractivity contribution >= 4 is 21.6 Å². The Labute approximate surface area is 232 Å². The average molecular weight is 585 g/mol. The van der Waals surface area contributed by atoms with E-state index in [1.165, 1.54) is 36.1 Å². The summed E-state index contributed by atoms with van der Waals surface area (Å²) in [5.74, 6) is 0.470. The summed E-state index contributed by atoms with van der Waals surface area (Å²) >= 11 is 1.35. The number of nitrogens with zero attached hydrogens (tertiary/aromatic N) is 3. The molecule has 2 heterocycles. The number of sulfonamides is 1. The van der Waals surface area contributed by atoms with Gasteiger partial charge in [0.15, 0.2) is 0 Å². The van der Waals surface area contributed by atoms with E-state index in [0.29, 0.717) is 24.2 Å². The van der Waals surface area contributed by atoms with Crippen LogP contribution in [0.25, 0.3) is 0 Å². The van der Waals surface area contributed by atoms with Crippen molar-refractivity contribution in [1.82, 2.24) is 14.3 Å². The fourth-order valence-electron chi connectivity index (χ4n) is 4.81. The van der Waals surface area contributed by atoms with Crippen molar-refractivity contribution in [3.8, 4) is 5.75 Å². The normalized spacial score (nSPS) is 18.2. The third-order valence-corrected chi connectivity index (χ3v) is 8.09. The molecular formula is C27H35F3N4O3S2. The number of hydrogen-bond acceptors (Lipinski definition) is 7. The monoisotopic (exact) mass is 584 g/mol. The zero-order chi connectivity index (χ0) is 28.6. The van der Waals surface area contributed by atoms with Crippen LogP contribution in [0.5, 0.6) is 5.75 Å². The Morgan fingerprint density at radius 1 is 1.05 bits per heavy atom. The van der Waals surface area contributed by atoms with Gasteiger partial charge in [-0.15, -0.1) is 0 Å². The molecule has 214 valence electrons. The summed E-state index contributed by atoms with van der Waals surface area (Å²) in [6.07, 6.45) is 0.486. The summed E-state index contributed by atoms with van der Waals surface area (Å²) in [5.41, 5.74) is 3.32. The predicted octanol–water partition coefficient (Wildman–Crippen LogP) is 6.18. The molecule has 2 aromatic carbocycles. The van der Waals surface area contributed by atoms with Gasteiger partial charge in [0.05, 0.1) is 10.5 Å². The van der Waals surface area contributed by atoms with Crippen LogP contribution in [-0.4, -0.2) is 42.8 Å². The number of rotatable bonds is 4. The van der Waals surface area contributed by atoms with Crippen LogP contribution >= 0.6 is 11.5 Å². The molecule has 1 aromatic heterocycles. The molecular weight excluding hydrogens is 549 g/mol. The number of likely N-dealkylation sites (tertiary alicyclic amines) is 1. The van der Waals surface area contributed by atoms with Crippen molar-refractivity contribution < 1.29 is 26.3 Å². The predicted molar refractivity (Wildman–Crippen MR) is 146 cm³/mol. The van der Waals surface area contributed by atoms with Crippen molar-refractivity contribution in [1.29, 1.82) is 0 Å². The lowest BCUT2D eigenvalue weighted by Crippen LogP contribution is -2.29. The summed E-state index contributed by atoms with van der Waals surface area (Å²) in [6, 6.07) is 8.48. The summed E-state index contributed by atoms with van der Waals surface area (Å²) in [7, 11) is -1.80. The molecule has 1 fully saturated rings. The molecule has 1 atom stereocenters. The summed E-state index contributed by atoms with van der Waals surface area (Å²) in [6.45, 7) is 5.64. The minimum Gasteiger partial charge on any atom is -0.485 e. The Hall–Kier alpha value is -2.54. The molecule has 1 aliphatic carbocycles. The first-order chi connectivity index (χ1) is 18.5. The van der Waals surface area contributed by atoms with Crippen LogP contribution in [0.15, 0.2) is 53.1 Å². The molecule has 7 nitrogen and oxygen atoms in total. The summed E-state index contributed by atoms with van der Waals surface area (Å²) in [5, 5.41) is 5.26. The summed E-state index contributed by atoms with van der Waals surface area (Å²) < 4.78 is 73.6. The lowest BCUT2D eigenvalue weighted by Gasteiger charge is -2.32. The zero-order valence-corrected chi connectivity index (χ0v) is 24.0. The molecule has 12 heteroatoms. The Bertz CT molecular complexity index is 1280. The van der Waals surface area contributed by atoms with E-state index in [-0.39, 0.29) is 16.9 Å². The highest BCUT2D eigenvalue weighted by atomic mass is 32.2. The van der Waals surface area contributed by atoms with Crippen LogP contribution in [0.3, 0.4) is 0 Å². The molecule has 39 heavy (non-hydrogen) atoms. The molecule has 1 aliphatic heterocycles. The van der Waals surface area contributed by atoms with Gasteiger partial charge in [0.1, 0.15) is 23.7 Å². The number of hydrogen-bond donors (Lipinski definition) is 1. The van der Waals surface area contributed by atoms with Crippen molar-refractivity contribution in [2.75, 3.05) is 20.1 Å². The molecule has 1 unspecified atom stereocenters. The van der Waals surface area contributed by atoms with E-state index in [1.807, 2.05) is 20.9 Å². The van der Waals surface area contributed by atoms with E-state index in [4.69, 9.17) is 9.88 Å². The van der Waals surface area contributed by atoms with Crippen molar-refractivity contribution in [3.05, 3.63) is 70.5 Å². The standard InChI is InChI=1S/C23H27F3N2O3S.C2H2N2S.C2H6/c1-28-11-9-15(10-12-28)20-14-17(23(24,25)26)5-8-22(20)31-21-4-2-3-16-13-18(32(27,29)30)6-7-19(16)21;1-3-2-5-4-1;1-2/h5-8,13-15,21H,2-4,9-12H2,1H3,(H2,27,29,30);1-2H;1-2H3. The molecule has 5 rings (SSSR count). The smallest absolute Gasteiger partial charge is 0.416 e. The van der Waals surface area contributed by atoms with Crippen molar-refractivity contribution in [2.24, 2.45) is 5.14 Å². The maximum atomic E-state index is 13.4. The second-order valence-corrected chi connectivity index (χ2v) is 11.5. The first-order valence-corrected chi connectivity index (χ1v) is 15.3. The first kappa shape index (κ1) is 31.0. The number of benzene rings is 2. The second-order valence-electron chi connectivity index (χ2n) is 9.31. The molecule has 3 aromatic rings. The van der Waals surface area contributed by atoms with E-state index < -0.39 is 21.8 Å². The SMILES string of the molecule is CC.CN1CCC(c2cc(C(F)(F)F)ccc2OC2CCCc3cc(S(N)(=O)=O)ccc32)CC1.c1ncsn1. The van der Waals surface area contributed by atoms with Gasteiger partial charge in [-0.3, -0.25) is 0 Å². The molecule has 0 bridgehead atoms. The number of aromatic nitrogens is 2. The number of ether oxygens (including phenoxy) is 1. The van der Waals surface area contributed by atoms with Gasteiger partial charge < -0.3 is 9.64 Å². The molecule has 1 saturated heterocycles. The minimum absolute atomic E-state index is 0.00341. The van der Waals surface area contributed by atoms with E-state index in [2.05, 4.69) is 14.3 Å². The average Bonchev–Trinajstić information content (AvgIpc) is 3.50. The van der Waals surface area contributed by atoms with Gasteiger partial charge in [0, 0.05) is 0 Å². The van der Waals surface area contributed by atoms with Gasteiger partial charge in [-0.25, -0.2) is 18.5 Å². The number of piperidine rings is 1. The molecule has 0 saturated carbocycles. The lowest BCUT2D eigenvalue weighted by atomic mass is 9.87. The van der Waals surface area contributed by atoms with E-state index in [1.54, 1.807) is 17.6 Å². The highest BCUT2D eigenvalue weighted by Crippen LogP contribution is 2.42. The van der Waals surface area contributed by atoms with Crippen LogP contribution in [-0.2, 0) is 22.6 Å². The topological polar surface area (TPSA) is 98.4 Å². The first-order valence-electron chi connectivity index (χ1n) is 12.9. The lowest BCUT2D eigenvalue weighted by molar-refractivity contribution is -0.137. The second kappa shape index (κ2) is 13.7. The summed E-state index contributed by atoms with van der Waals surface area (Å²) in [4.78, 5) is 5.86. The highest BCUT2D eigenvalue weighted by molar-refractivity contribution is 7.89. The van der Waals surface area contributed by atoms with Gasteiger partial charge in [0.2, 0.25) is 10.0 Å². The van der Waals surface area contributed by atoms with Crippen LogP contribution in [0.2, 0.25) is 0 Å². The van der Waals surface area contributed by atoms with Gasteiger partial charge in [-0.05, 0) is 117 Å². The largest absolute Gasteiger partial charge is 0.485 e. The van der Waals surface area contributed by atoms with E-state index >= 15 is 0 Å². The minimum atomic E-state index is -4.42. The van der Waals surface area contributed by atoms with Gasteiger partial charge >= 0.3 is 6.18 Å². The molecule has 0 spiro atoms. The van der Waals surface area contributed by atoms with Gasteiger partial charge in [-0.2, -0.15) is 17.5 Å². The number of primary sulfonamides is 1. The zero-order valence-electron chi connectivity index (χ0n) is 22.3. The third-order valence-electron chi connectivity index (χ3n) is 6.75. The Morgan fingerprint density at radius 3 is 2.33 bits per heavy atom. The number of fused-ring (bicyclic) bond motifs is 1. The van der Waals surface area contributed by atoms with Crippen molar-refractivity contribution in [2.45, 2.75) is 69.0 Å². The Morgan fingerprint density at radius 2 is 1.77 bits per heavy atom. The number of alkyl halides is 3. The highest BCUT2D eigenvalue weighted by Gasteiger charge is 2.33. The molecule has 2 aliphatic rings. The Balaban J connectivity index is 0.000000530. The van der Waals surface area contributed by atoms with Crippen LogP contribution in [0, 0.1) is 0 Å². The van der Waals surface area contributed by atoms with Gasteiger partial charge in [0.25, 0.3) is 0 Å². The number of halogens is 3.